The summed E-state index contributed by atoms with van der Waals surface area (Å²) in [7, 11) is 0. The third-order valence-corrected chi connectivity index (χ3v) is 7.27. The maximum absolute atomic E-state index is 12.0. The smallest absolute Gasteiger partial charge is 0.349 e. The Morgan fingerprint density at radius 3 is 1.88 bits per heavy atom. The molecule has 0 atom stereocenters. The first-order chi connectivity index (χ1) is 15.7. The van der Waals surface area contributed by atoms with Crippen molar-refractivity contribution in [1.82, 2.24) is 4.98 Å². The highest BCUT2D eigenvalue weighted by Crippen LogP contribution is 2.49. The number of esters is 1. The summed E-state index contributed by atoms with van der Waals surface area (Å²) >= 11 is 3.05. The predicted molar refractivity (Wildman–Crippen MR) is 134 cm³/mol. The summed E-state index contributed by atoms with van der Waals surface area (Å²) in [6.45, 7) is 2.15. The van der Waals surface area contributed by atoms with Crippen LogP contribution >= 0.6 is 23.1 Å². The fourth-order valence-corrected chi connectivity index (χ4v) is 5.60. The zero-order valence-electron chi connectivity index (χ0n) is 17.7. The molecule has 3 aromatic carbocycles. The van der Waals surface area contributed by atoms with Crippen LogP contribution in [-0.2, 0) is 9.48 Å². The fourth-order valence-electron chi connectivity index (χ4n) is 3.58. The van der Waals surface area contributed by atoms with Crippen molar-refractivity contribution >= 4 is 35.1 Å². The number of thioether (sulfide) groups is 1. The Hall–Kier alpha value is -3.15. The molecule has 160 valence electrons. The van der Waals surface area contributed by atoms with E-state index in [9.17, 15) is 4.79 Å². The van der Waals surface area contributed by atoms with E-state index in [1.54, 1.807) is 24.9 Å². The highest BCUT2D eigenvalue weighted by Gasteiger charge is 2.36. The molecule has 4 rings (SSSR count). The summed E-state index contributed by atoms with van der Waals surface area (Å²) in [6.07, 6.45) is 3.54. The van der Waals surface area contributed by atoms with Gasteiger partial charge in [-0.1, -0.05) is 91.0 Å². The standard InChI is InChI=1S/C27H23NO2S2/c1-2-30-26(29)24-20-28-25(32-24)18-19-31-27(21-12-6-3-7-13-21,22-14-8-4-9-15-22)23-16-10-5-11-17-23/h3-20H,2H2,1H3. The van der Waals surface area contributed by atoms with Gasteiger partial charge in [-0.05, 0) is 35.1 Å². The number of hydrogen-bond donors (Lipinski definition) is 0. The molecule has 32 heavy (non-hydrogen) atoms. The van der Waals surface area contributed by atoms with Gasteiger partial charge in [-0.2, -0.15) is 0 Å². The van der Waals surface area contributed by atoms with Crippen LogP contribution in [0.4, 0.5) is 0 Å². The van der Waals surface area contributed by atoms with Crippen molar-refractivity contribution in [3.63, 3.8) is 0 Å². The Bertz CT molecular complexity index is 1080. The normalized spacial score (nSPS) is 11.5. The van der Waals surface area contributed by atoms with E-state index in [1.165, 1.54) is 28.0 Å². The second-order valence-electron chi connectivity index (χ2n) is 6.98. The van der Waals surface area contributed by atoms with E-state index in [0.29, 0.717) is 11.5 Å². The molecule has 0 saturated heterocycles. The molecule has 1 heterocycles. The molecule has 0 bridgehead atoms. The van der Waals surface area contributed by atoms with Crippen molar-refractivity contribution in [3.05, 3.63) is 129 Å². The molecule has 1 aromatic heterocycles. The lowest BCUT2D eigenvalue weighted by Gasteiger charge is -2.34. The Morgan fingerprint density at radius 1 is 0.906 bits per heavy atom. The lowest BCUT2D eigenvalue weighted by Crippen LogP contribution is -2.24. The van der Waals surface area contributed by atoms with Crippen LogP contribution in [-0.4, -0.2) is 17.6 Å². The molecular weight excluding hydrogens is 434 g/mol. The molecule has 0 spiro atoms. The van der Waals surface area contributed by atoms with Gasteiger partial charge in [-0.3, -0.25) is 0 Å². The molecule has 0 N–H and O–H groups in total. The van der Waals surface area contributed by atoms with Gasteiger partial charge in [-0.15, -0.1) is 23.1 Å². The Balaban J connectivity index is 1.75. The van der Waals surface area contributed by atoms with Crippen molar-refractivity contribution in [2.75, 3.05) is 6.61 Å². The zero-order valence-corrected chi connectivity index (χ0v) is 19.3. The number of thiazole rings is 1. The summed E-state index contributed by atoms with van der Waals surface area (Å²) < 4.78 is 4.65. The lowest BCUT2D eigenvalue weighted by molar-refractivity contribution is 0.0532. The van der Waals surface area contributed by atoms with Crippen molar-refractivity contribution in [2.45, 2.75) is 11.7 Å². The van der Waals surface area contributed by atoms with Crippen LogP contribution < -0.4 is 0 Å². The van der Waals surface area contributed by atoms with Gasteiger partial charge >= 0.3 is 5.97 Å². The minimum atomic E-state index is -0.429. The third kappa shape index (κ3) is 4.69. The SMILES string of the molecule is CCOC(=O)c1cnc(C=CSC(c2ccccc2)(c2ccccc2)c2ccccc2)s1. The number of aromatic nitrogens is 1. The van der Waals surface area contributed by atoms with E-state index in [2.05, 4.69) is 83.2 Å². The summed E-state index contributed by atoms with van der Waals surface area (Å²) in [6, 6.07) is 31.6. The second-order valence-corrected chi connectivity index (χ2v) is 9.17. The van der Waals surface area contributed by atoms with E-state index in [1.807, 2.05) is 24.3 Å². The topological polar surface area (TPSA) is 39.2 Å². The van der Waals surface area contributed by atoms with E-state index < -0.39 is 4.75 Å². The number of benzene rings is 3. The molecule has 0 saturated carbocycles. The number of hydrogen-bond acceptors (Lipinski definition) is 5. The van der Waals surface area contributed by atoms with E-state index in [-0.39, 0.29) is 5.97 Å². The molecule has 0 aliphatic rings. The number of nitrogens with zero attached hydrogens (tertiary/aromatic N) is 1. The maximum atomic E-state index is 12.0. The van der Waals surface area contributed by atoms with Gasteiger partial charge in [0.25, 0.3) is 0 Å². The number of carbonyl (C=O) groups excluding carboxylic acids is 1. The average molecular weight is 458 g/mol. The molecule has 0 aliphatic heterocycles. The Kier molecular flexibility index (Phi) is 7.20. The van der Waals surface area contributed by atoms with Crippen LogP contribution in [0.5, 0.6) is 0 Å². The molecule has 5 heteroatoms. The predicted octanol–water partition coefficient (Wildman–Crippen LogP) is 7.02. The zero-order chi connectivity index (χ0) is 22.2. The van der Waals surface area contributed by atoms with Crippen LogP contribution in [0, 0.1) is 0 Å². The molecule has 0 radical (unpaired) electrons. The summed E-state index contributed by atoms with van der Waals surface area (Å²) in [5, 5.41) is 2.84. The van der Waals surface area contributed by atoms with Gasteiger partial charge in [0, 0.05) is 0 Å². The average Bonchev–Trinajstić information content (AvgIpc) is 3.33. The van der Waals surface area contributed by atoms with Gasteiger partial charge in [0.15, 0.2) is 0 Å². The van der Waals surface area contributed by atoms with Crippen molar-refractivity contribution in [1.29, 1.82) is 0 Å². The van der Waals surface area contributed by atoms with Gasteiger partial charge in [0.2, 0.25) is 0 Å². The van der Waals surface area contributed by atoms with E-state index in [4.69, 9.17) is 4.74 Å². The Labute approximate surface area is 196 Å². The molecule has 4 aromatic rings. The molecular formula is C27H23NO2S2. The summed E-state index contributed by atoms with van der Waals surface area (Å²) in [5.41, 5.74) is 3.58. The van der Waals surface area contributed by atoms with Crippen LogP contribution in [0.2, 0.25) is 0 Å². The quantitative estimate of drug-likeness (QED) is 0.211. The summed E-state index contributed by atoms with van der Waals surface area (Å²) in [4.78, 5) is 16.9. The molecule has 0 unspecified atom stereocenters. The van der Waals surface area contributed by atoms with E-state index >= 15 is 0 Å². The number of carbonyl (C=O) groups is 1. The van der Waals surface area contributed by atoms with Gasteiger partial charge in [0.1, 0.15) is 9.88 Å². The highest BCUT2D eigenvalue weighted by molar-refractivity contribution is 8.03. The first-order valence-corrected chi connectivity index (χ1v) is 12.1. The van der Waals surface area contributed by atoms with Crippen LogP contribution in [0.3, 0.4) is 0 Å². The molecule has 0 amide bonds. The first kappa shape index (κ1) is 22.1. The minimum Gasteiger partial charge on any atom is -0.462 e. The first-order valence-electron chi connectivity index (χ1n) is 10.4. The maximum Gasteiger partial charge on any atom is 0.349 e. The van der Waals surface area contributed by atoms with Crippen LogP contribution in [0.15, 0.2) is 103 Å². The number of ether oxygens (including phenoxy) is 1. The van der Waals surface area contributed by atoms with Crippen LogP contribution in [0.25, 0.3) is 6.08 Å². The Morgan fingerprint density at radius 2 is 1.41 bits per heavy atom. The van der Waals surface area contributed by atoms with Gasteiger partial charge in [0.05, 0.1) is 17.6 Å². The van der Waals surface area contributed by atoms with Crippen molar-refractivity contribution in [2.24, 2.45) is 0 Å². The van der Waals surface area contributed by atoms with Crippen LogP contribution in [0.1, 0.15) is 38.3 Å². The molecule has 0 aliphatic carbocycles. The molecule has 0 fully saturated rings. The van der Waals surface area contributed by atoms with Crippen molar-refractivity contribution < 1.29 is 9.53 Å². The summed E-state index contributed by atoms with van der Waals surface area (Å²) in [5.74, 6) is -0.329. The number of rotatable bonds is 8. The van der Waals surface area contributed by atoms with Gasteiger partial charge in [-0.25, -0.2) is 9.78 Å². The lowest BCUT2D eigenvalue weighted by atomic mass is 9.84. The monoisotopic (exact) mass is 457 g/mol. The van der Waals surface area contributed by atoms with E-state index in [0.717, 1.165) is 5.01 Å². The molecule has 3 nitrogen and oxygen atoms in total. The highest BCUT2D eigenvalue weighted by atomic mass is 32.2. The fraction of sp³-hybridized carbons (Fsp3) is 0.111. The van der Waals surface area contributed by atoms with Gasteiger partial charge < -0.3 is 4.74 Å². The largest absolute Gasteiger partial charge is 0.462 e. The second kappa shape index (κ2) is 10.4. The minimum absolute atomic E-state index is 0.329. The third-order valence-electron chi connectivity index (χ3n) is 5.00. The van der Waals surface area contributed by atoms with Crippen molar-refractivity contribution in [3.8, 4) is 0 Å².